The summed E-state index contributed by atoms with van der Waals surface area (Å²) >= 11 is 0. The van der Waals surface area contributed by atoms with Gasteiger partial charge in [-0.15, -0.1) is 10.5 Å². The second kappa shape index (κ2) is 19.6. The molecule has 20 nitrogen and oxygen atoms in total. The SMILES string of the molecule is C/C(=N/Nc1ccc(N([O-])[O-])cc1N(O)O)C(CC(C(=O)NCc1ccccc1)/C(C)=N\Nc1ccc(N([O-])[O-])cc1N(O)O)C(=O)NCc1ccccc1. The molecular weight excluding hydrogens is 720 g/mol. The van der Waals surface area contributed by atoms with Gasteiger partial charge in [-0.1, -0.05) is 60.7 Å². The normalized spacial score (nSPS) is 12.6. The summed E-state index contributed by atoms with van der Waals surface area (Å²) in [5, 5.41) is 96.2. The lowest BCUT2D eigenvalue weighted by atomic mass is 9.87. The number of carbonyl (C=O) groups excluding carboxylic acids is 2. The average molecular weight is 759 g/mol. The quantitative estimate of drug-likeness (QED) is 0.0489. The molecule has 20 heteroatoms. The third-order valence-corrected chi connectivity index (χ3v) is 8.25. The Morgan fingerprint density at radius 2 is 0.964 bits per heavy atom. The summed E-state index contributed by atoms with van der Waals surface area (Å²) in [6, 6.07) is 24.4. The van der Waals surface area contributed by atoms with Gasteiger partial charge in [-0.05, 0) is 67.8 Å². The number of amides is 2. The zero-order valence-electron chi connectivity index (χ0n) is 29.4. The first-order valence-corrected chi connectivity index (χ1v) is 16.4. The molecule has 4 aromatic carbocycles. The van der Waals surface area contributed by atoms with Crippen molar-refractivity contribution in [2.24, 2.45) is 22.0 Å². The lowest BCUT2D eigenvalue weighted by molar-refractivity contribution is -0.125. The van der Waals surface area contributed by atoms with E-state index in [2.05, 4.69) is 31.7 Å². The molecule has 0 aliphatic rings. The first-order valence-electron chi connectivity index (χ1n) is 16.4. The minimum atomic E-state index is -1.14. The molecule has 8 N–H and O–H groups in total. The number of rotatable bonds is 18. The zero-order chi connectivity index (χ0) is 40.1. The van der Waals surface area contributed by atoms with Crippen molar-refractivity contribution in [3.63, 3.8) is 0 Å². The van der Waals surface area contributed by atoms with E-state index in [4.69, 9.17) is 0 Å². The fraction of sp³-hybridized carbons (Fsp3) is 0.200. The molecule has 0 spiro atoms. The predicted molar refractivity (Wildman–Crippen MR) is 205 cm³/mol. The molecular formula is C35H38N10O10-4. The lowest BCUT2D eigenvalue weighted by Crippen LogP contribution is -2.41. The molecule has 0 fully saturated rings. The third-order valence-electron chi connectivity index (χ3n) is 8.25. The summed E-state index contributed by atoms with van der Waals surface area (Å²) in [6.45, 7) is 3.22. The minimum Gasteiger partial charge on any atom is -0.769 e. The lowest BCUT2D eigenvalue weighted by Gasteiger charge is -2.37. The van der Waals surface area contributed by atoms with E-state index in [-0.39, 0.29) is 52.8 Å². The fourth-order valence-corrected chi connectivity index (χ4v) is 5.23. The number of hydrazone groups is 2. The number of hydrogen-bond acceptors (Lipinski definition) is 18. The molecule has 2 amide bonds. The van der Waals surface area contributed by atoms with Gasteiger partial charge in [-0.25, -0.2) is 0 Å². The fourth-order valence-electron chi connectivity index (χ4n) is 5.23. The van der Waals surface area contributed by atoms with Crippen LogP contribution in [0.4, 0.5) is 34.1 Å². The monoisotopic (exact) mass is 758 g/mol. The van der Waals surface area contributed by atoms with Gasteiger partial charge in [0.2, 0.25) is 11.8 Å². The second-order valence-electron chi connectivity index (χ2n) is 12.0. The van der Waals surface area contributed by atoms with Crippen molar-refractivity contribution in [1.82, 2.24) is 10.6 Å². The molecule has 0 aromatic heterocycles. The number of nitrogens with zero attached hydrogens (tertiary/aromatic N) is 6. The van der Waals surface area contributed by atoms with Crippen molar-refractivity contribution >= 4 is 57.4 Å². The Balaban J connectivity index is 1.71. The Hall–Kier alpha value is -6.36. The van der Waals surface area contributed by atoms with E-state index < -0.39 is 56.9 Å². The Morgan fingerprint density at radius 3 is 1.29 bits per heavy atom. The topological polar surface area (TPSA) is 293 Å². The highest BCUT2D eigenvalue weighted by Crippen LogP contribution is 2.31. The molecule has 0 saturated heterocycles. The predicted octanol–water partition coefficient (Wildman–Crippen LogP) is 4.99. The molecule has 4 rings (SSSR count). The molecule has 0 aliphatic carbocycles. The third kappa shape index (κ3) is 11.8. The van der Waals surface area contributed by atoms with Crippen molar-refractivity contribution in [3.05, 3.63) is 129 Å². The summed E-state index contributed by atoms with van der Waals surface area (Å²) in [5.41, 5.74) is 5.15. The molecule has 0 bridgehead atoms. The molecule has 0 radical (unpaired) electrons. The molecule has 292 valence electrons. The standard InChI is InChI=1S/C35H38N10O10/c1-22(38-40-30-15-13-26(42(48)49)17-32(30)44(52)53)28(34(46)36-20-24-9-5-3-6-10-24)19-29(35(47)37-21-25-11-7-4-8-12-25)23(2)39-41-31-16-14-27(43(50)51)18-33(31)45(54)55/h3-18,28-29,40-41,52-55H,19-21H2,1-2H3,(H,36,46)(H,37,47)/q-4/b38-22-,39-23-. The molecule has 0 heterocycles. The minimum absolute atomic E-state index is 0.0711. The summed E-state index contributed by atoms with van der Waals surface area (Å²) in [6.07, 6.45) is -0.228. The Kier molecular flexibility index (Phi) is 14.8. The van der Waals surface area contributed by atoms with Crippen LogP contribution in [0, 0.1) is 32.7 Å². The van der Waals surface area contributed by atoms with Gasteiger partial charge in [0, 0.05) is 35.9 Å². The molecule has 0 saturated carbocycles. The van der Waals surface area contributed by atoms with Crippen LogP contribution in [0.1, 0.15) is 31.4 Å². The van der Waals surface area contributed by atoms with Crippen LogP contribution in [-0.2, 0) is 22.7 Å². The second-order valence-corrected chi connectivity index (χ2v) is 12.0. The van der Waals surface area contributed by atoms with Crippen molar-refractivity contribution in [2.75, 3.05) is 31.8 Å². The maximum Gasteiger partial charge on any atom is 0.229 e. The van der Waals surface area contributed by atoms with E-state index in [9.17, 15) is 51.2 Å². The van der Waals surface area contributed by atoms with E-state index in [1.165, 1.54) is 26.0 Å². The van der Waals surface area contributed by atoms with Crippen molar-refractivity contribution in [1.29, 1.82) is 0 Å². The van der Waals surface area contributed by atoms with Gasteiger partial charge < -0.3 is 41.9 Å². The number of nitrogens with one attached hydrogen (secondary N) is 4. The largest absolute Gasteiger partial charge is 0.769 e. The van der Waals surface area contributed by atoms with Gasteiger partial charge in [-0.2, -0.15) is 10.2 Å². The van der Waals surface area contributed by atoms with Crippen LogP contribution in [0.3, 0.4) is 0 Å². The van der Waals surface area contributed by atoms with Crippen LogP contribution in [0.15, 0.2) is 107 Å². The van der Waals surface area contributed by atoms with Gasteiger partial charge >= 0.3 is 0 Å². The maximum atomic E-state index is 13.9. The van der Waals surface area contributed by atoms with E-state index in [1.807, 2.05) is 12.1 Å². The smallest absolute Gasteiger partial charge is 0.229 e. The molecule has 4 aromatic rings. The van der Waals surface area contributed by atoms with E-state index in [0.29, 0.717) is 0 Å². The zero-order valence-corrected chi connectivity index (χ0v) is 29.4. The summed E-state index contributed by atoms with van der Waals surface area (Å²) in [7, 11) is 0. The van der Waals surface area contributed by atoms with Gasteiger partial charge in [0.15, 0.2) is 0 Å². The summed E-state index contributed by atoms with van der Waals surface area (Å²) < 4.78 is 0. The number of carbonyl (C=O) groups is 2. The average Bonchev–Trinajstić information content (AvgIpc) is 3.18. The maximum absolute atomic E-state index is 13.9. The van der Waals surface area contributed by atoms with E-state index >= 15 is 0 Å². The van der Waals surface area contributed by atoms with Crippen molar-refractivity contribution in [2.45, 2.75) is 33.4 Å². The van der Waals surface area contributed by atoms with Gasteiger partial charge in [0.25, 0.3) is 0 Å². The van der Waals surface area contributed by atoms with Gasteiger partial charge in [0.05, 0.1) is 23.2 Å². The highest BCUT2D eigenvalue weighted by Gasteiger charge is 2.32. The Labute approximate surface area is 314 Å². The highest BCUT2D eigenvalue weighted by atomic mass is 16.8. The molecule has 2 atom stereocenters. The first-order chi connectivity index (χ1) is 26.2. The van der Waals surface area contributed by atoms with Crippen LogP contribution in [-0.4, -0.2) is 44.1 Å². The van der Waals surface area contributed by atoms with Crippen LogP contribution >= 0.6 is 0 Å². The Bertz CT molecular complexity index is 1810. The molecule has 55 heavy (non-hydrogen) atoms. The number of hydrogen-bond donors (Lipinski definition) is 8. The summed E-state index contributed by atoms with van der Waals surface area (Å²) in [4.78, 5) is 27.8. The van der Waals surface area contributed by atoms with Crippen LogP contribution in [0.5, 0.6) is 0 Å². The Morgan fingerprint density at radius 1 is 0.600 bits per heavy atom. The summed E-state index contributed by atoms with van der Waals surface area (Å²) in [5.74, 6) is -3.38. The van der Waals surface area contributed by atoms with Crippen LogP contribution in [0.25, 0.3) is 0 Å². The molecule has 2 unspecified atom stereocenters. The van der Waals surface area contributed by atoms with Gasteiger partial charge in [-0.3, -0.25) is 41.3 Å². The van der Waals surface area contributed by atoms with Crippen molar-refractivity contribution in [3.8, 4) is 0 Å². The van der Waals surface area contributed by atoms with Gasteiger partial charge in [0.1, 0.15) is 11.4 Å². The van der Waals surface area contributed by atoms with E-state index in [1.54, 1.807) is 48.5 Å². The van der Waals surface area contributed by atoms with E-state index in [0.717, 1.165) is 35.4 Å². The molecule has 0 aliphatic heterocycles. The van der Waals surface area contributed by atoms with Crippen LogP contribution < -0.4 is 42.4 Å². The van der Waals surface area contributed by atoms with Crippen molar-refractivity contribution < 1.29 is 30.4 Å². The highest BCUT2D eigenvalue weighted by molar-refractivity contribution is 6.07. The van der Waals surface area contributed by atoms with Crippen LogP contribution in [0.2, 0.25) is 0 Å². The number of anilines is 6. The number of benzene rings is 4. The first kappa shape index (κ1) is 41.4.